The van der Waals surface area contributed by atoms with Crippen LogP contribution in [0.15, 0.2) is 54.7 Å². The lowest BCUT2D eigenvalue weighted by molar-refractivity contribution is 0.416. The average molecular weight is 365 g/mol. The van der Waals surface area contributed by atoms with Crippen molar-refractivity contribution in [2.24, 2.45) is 0 Å². The molecule has 1 atom stereocenters. The fourth-order valence-electron chi connectivity index (χ4n) is 4.22. The molecule has 0 saturated heterocycles. The van der Waals surface area contributed by atoms with Crippen molar-refractivity contribution < 1.29 is 10.2 Å². The molecular formula is C21H17ClN2O2. The number of nitrogens with one attached hydrogen (secondary N) is 1. The zero-order valence-corrected chi connectivity index (χ0v) is 14.7. The minimum absolute atomic E-state index is 0.0105. The second kappa shape index (κ2) is 5.58. The number of aryl methyl sites for hydroxylation is 1. The molecule has 4 aromatic rings. The lowest BCUT2D eigenvalue weighted by Gasteiger charge is -2.27. The van der Waals surface area contributed by atoms with Crippen molar-refractivity contribution in [3.63, 3.8) is 0 Å². The van der Waals surface area contributed by atoms with Gasteiger partial charge in [0.1, 0.15) is 0 Å². The zero-order valence-electron chi connectivity index (χ0n) is 13.9. The molecule has 0 aliphatic carbocycles. The first-order chi connectivity index (χ1) is 12.6. The highest BCUT2D eigenvalue weighted by atomic mass is 35.5. The van der Waals surface area contributed by atoms with E-state index in [0.717, 1.165) is 12.8 Å². The number of benzene rings is 2. The molecule has 3 N–H and O–H groups in total. The number of aromatic amines is 1. The van der Waals surface area contributed by atoms with E-state index in [1.807, 2.05) is 18.2 Å². The molecule has 1 aliphatic heterocycles. The minimum Gasteiger partial charge on any atom is -0.494 e. The molecule has 130 valence electrons. The Morgan fingerprint density at radius 3 is 2.69 bits per heavy atom. The molecule has 5 rings (SSSR count). The van der Waals surface area contributed by atoms with E-state index < -0.39 is 0 Å². The molecule has 5 heteroatoms. The molecule has 4 nitrogen and oxygen atoms in total. The summed E-state index contributed by atoms with van der Waals surface area (Å²) in [5, 5.41) is 22.8. The molecule has 26 heavy (non-hydrogen) atoms. The Labute approximate surface area is 155 Å². The number of H-pyrrole nitrogens is 1. The smallest absolute Gasteiger partial charge is 0.199 e. The van der Waals surface area contributed by atoms with Gasteiger partial charge in [-0.3, -0.25) is 4.98 Å². The van der Waals surface area contributed by atoms with Crippen LogP contribution in [0.4, 0.5) is 0 Å². The van der Waals surface area contributed by atoms with Crippen LogP contribution < -0.4 is 0 Å². The van der Waals surface area contributed by atoms with Crippen LogP contribution in [-0.2, 0) is 6.42 Å². The predicted molar refractivity (Wildman–Crippen MR) is 103 cm³/mol. The quantitative estimate of drug-likeness (QED) is 0.455. The molecule has 1 unspecified atom stereocenters. The van der Waals surface area contributed by atoms with E-state index in [-0.39, 0.29) is 17.8 Å². The van der Waals surface area contributed by atoms with Gasteiger partial charge in [-0.05, 0) is 35.9 Å². The summed E-state index contributed by atoms with van der Waals surface area (Å²) < 4.78 is 2.19. The Morgan fingerprint density at radius 1 is 1.00 bits per heavy atom. The van der Waals surface area contributed by atoms with Crippen molar-refractivity contribution >= 4 is 22.5 Å². The van der Waals surface area contributed by atoms with Crippen LogP contribution in [0.2, 0.25) is 5.02 Å². The molecule has 0 bridgehead atoms. The van der Waals surface area contributed by atoms with Crippen LogP contribution in [0.5, 0.6) is 11.8 Å². The van der Waals surface area contributed by atoms with Crippen LogP contribution in [-0.4, -0.2) is 19.8 Å². The van der Waals surface area contributed by atoms with Crippen LogP contribution in [0.25, 0.3) is 22.0 Å². The van der Waals surface area contributed by atoms with Gasteiger partial charge in [0, 0.05) is 22.3 Å². The maximum atomic E-state index is 10.6. The van der Waals surface area contributed by atoms with Crippen molar-refractivity contribution in [3.05, 3.63) is 70.9 Å². The Balaban J connectivity index is 1.76. The van der Waals surface area contributed by atoms with E-state index in [1.165, 1.54) is 16.5 Å². The maximum Gasteiger partial charge on any atom is 0.199 e. The predicted octanol–water partition coefficient (Wildman–Crippen LogP) is 5.24. The third-order valence-corrected chi connectivity index (χ3v) is 5.65. The number of hydrogen-bond donors (Lipinski definition) is 3. The van der Waals surface area contributed by atoms with Crippen molar-refractivity contribution in [1.29, 1.82) is 0 Å². The molecule has 0 saturated carbocycles. The standard InChI is InChI=1S/C21H17ClN2O2/c22-15-7-2-1-6-14(15)17-18(21(26)23-20(17)25)16-9-8-12-4-3-5-13-10-11-24(16)19(12)13/h1-7,10-11,16,23,25-26H,8-9H2. The number of rotatable bonds is 2. The lowest BCUT2D eigenvalue weighted by atomic mass is 9.91. The molecule has 0 fully saturated rings. The molecule has 0 amide bonds. The maximum absolute atomic E-state index is 10.6. The lowest BCUT2D eigenvalue weighted by Crippen LogP contribution is -2.16. The van der Waals surface area contributed by atoms with Crippen molar-refractivity contribution in [1.82, 2.24) is 9.55 Å². The number of aromatic hydroxyl groups is 2. The van der Waals surface area contributed by atoms with Gasteiger partial charge in [-0.15, -0.1) is 0 Å². The summed E-state index contributed by atoms with van der Waals surface area (Å²) in [4.78, 5) is 2.69. The third-order valence-electron chi connectivity index (χ3n) is 5.32. The summed E-state index contributed by atoms with van der Waals surface area (Å²) in [5.41, 5.74) is 4.46. The molecule has 3 heterocycles. The number of hydrogen-bond acceptors (Lipinski definition) is 2. The molecule has 1 aliphatic rings. The number of nitrogens with zero attached hydrogens (tertiary/aromatic N) is 1. The summed E-state index contributed by atoms with van der Waals surface area (Å²) in [6, 6.07) is 15.7. The second-order valence-electron chi connectivity index (χ2n) is 6.72. The summed E-state index contributed by atoms with van der Waals surface area (Å²) >= 11 is 6.38. The highest BCUT2D eigenvalue weighted by molar-refractivity contribution is 6.33. The SMILES string of the molecule is Oc1[nH]c(O)c(C2CCc3cccc4ccn2c34)c1-c1ccccc1Cl. The van der Waals surface area contributed by atoms with Gasteiger partial charge >= 0.3 is 0 Å². The van der Waals surface area contributed by atoms with Gasteiger partial charge in [0.2, 0.25) is 0 Å². The zero-order chi connectivity index (χ0) is 17.8. The Bertz CT molecular complexity index is 1140. The van der Waals surface area contributed by atoms with Crippen LogP contribution >= 0.6 is 11.6 Å². The number of para-hydroxylation sites is 1. The van der Waals surface area contributed by atoms with E-state index >= 15 is 0 Å². The fourth-order valence-corrected chi connectivity index (χ4v) is 4.45. The van der Waals surface area contributed by atoms with Gasteiger partial charge in [0.25, 0.3) is 0 Å². The topological polar surface area (TPSA) is 61.2 Å². The van der Waals surface area contributed by atoms with E-state index in [1.54, 1.807) is 6.07 Å². The highest BCUT2D eigenvalue weighted by Crippen LogP contribution is 2.48. The summed E-state index contributed by atoms with van der Waals surface area (Å²) in [5.74, 6) is -0.0727. The summed E-state index contributed by atoms with van der Waals surface area (Å²) in [7, 11) is 0. The van der Waals surface area contributed by atoms with Crippen LogP contribution in [0.3, 0.4) is 0 Å². The van der Waals surface area contributed by atoms with Gasteiger partial charge in [0.15, 0.2) is 11.8 Å². The van der Waals surface area contributed by atoms with E-state index in [0.29, 0.717) is 21.7 Å². The Morgan fingerprint density at radius 2 is 1.85 bits per heavy atom. The second-order valence-corrected chi connectivity index (χ2v) is 7.13. The monoisotopic (exact) mass is 364 g/mol. The van der Waals surface area contributed by atoms with Gasteiger partial charge in [-0.2, -0.15) is 0 Å². The Kier molecular flexibility index (Phi) is 3.31. The molecule has 2 aromatic heterocycles. The largest absolute Gasteiger partial charge is 0.494 e. The van der Waals surface area contributed by atoms with Crippen LogP contribution in [0.1, 0.15) is 23.6 Å². The first kappa shape index (κ1) is 15.4. The van der Waals surface area contributed by atoms with Gasteiger partial charge in [0.05, 0.1) is 17.1 Å². The van der Waals surface area contributed by atoms with E-state index in [2.05, 4.69) is 40.0 Å². The van der Waals surface area contributed by atoms with Crippen molar-refractivity contribution in [2.75, 3.05) is 0 Å². The van der Waals surface area contributed by atoms with Crippen LogP contribution in [0, 0.1) is 0 Å². The first-order valence-electron chi connectivity index (χ1n) is 8.62. The van der Waals surface area contributed by atoms with Crippen molar-refractivity contribution in [2.45, 2.75) is 18.9 Å². The number of halogens is 1. The number of aromatic nitrogens is 2. The van der Waals surface area contributed by atoms with E-state index in [9.17, 15) is 10.2 Å². The normalized spacial score (nSPS) is 16.3. The molecule has 0 radical (unpaired) electrons. The first-order valence-corrected chi connectivity index (χ1v) is 9.00. The van der Waals surface area contributed by atoms with E-state index in [4.69, 9.17) is 11.6 Å². The van der Waals surface area contributed by atoms with Gasteiger partial charge in [-0.1, -0.05) is 48.0 Å². The summed E-state index contributed by atoms with van der Waals surface area (Å²) in [6.45, 7) is 0. The molecular weight excluding hydrogens is 348 g/mol. The fraction of sp³-hybridized carbons (Fsp3) is 0.143. The minimum atomic E-state index is -0.0779. The summed E-state index contributed by atoms with van der Waals surface area (Å²) in [6.07, 6.45) is 3.81. The highest BCUT2D eigenvalue weighted by Gasteiger charge is 2.31. The van der Waals surface area contributed by atoms with Gasteiger partial charge < -0.3 is 14.8 Å². The Hall–Kier alpha value is -2.85. The van der Waals surface area contributed by atoms with Crippen molar-refractivity contribution in [3.8, 4) is 22.9 Å². The molecule has 2 aromatic carbocycles. The molecule has 0 spiro atoms. The third kappa shape index (κ3) is 2.09. The average Bonchev–Trinajstić information content (AvgIpc) is 3.19. The van der Waals surface area contributed by atoms with Gasteiger partial charge in [-0.25, -0.2) is 0 Å².